The molecule has 0 atom stereocenters. The van der Waals surface area contributed by atoms with Crippen molar-refractivity contribution in [2.24, 2.45) is 0 Å². The van der Waals surface area contributed by atoms with Crippen molar-refractivity contribution < 1.29 is 14.6 Å². The molecule has 0 aliphatic rings. The first-order valence-electron chi connectivity index (χ1n) is 8.36. The number of hydrogen-bond donors (Lipinski definition) is 3. The normalized spacial score (nSPS) is 10.7. The molecule has 0 radical (unpaired) electrons. The smallest absolute Gasteiger partial charge is 0.251 e. The minimum absolute atomic E-state index is 0.108. The fourth-order valence-electron chi connectivity index (χ4n) is 2.47. The predicted molar refractivity (Wildman–Crippen MR) is 98.0 cm³/mol. The van der Waals surface area contributed by atoms with E-state index in [4.69, 9.17) is 9.84 Å². The molecule has 8 heteroatoms. The van der Waals surface area contributed by atoms with Crippen molar-refractivity contribution in [1.82, 2.24) is 19.9 Å². The van der Waals surface area contributed by atoms with E-state index in [9.17, 15) is 4.79 Å². The van der Waals surface area contributed by atoms with Gasteiger partial charge in [0.2, 0.25) is 5.95 Å². The monoisotopic (exact) mass is 355 g/mol. The largest absolute Gasteiger partial charge is 0.492 e. The Kier molecular flexibility index (Phi) is 5.33. The number of benzene rings is 1. The van der Waals surface area contributed by atoms with Crippen LogP contribution in [0.4, 0.5) is 11.6 Å². The molecule has 3 aromatic rings. The third-order valence-corrected chi connectivity index (χ3v) is 3.67. The number of nitrogens with one attached hydrogen (secondary N) is 2. The average molecular weight is 355 g/mol. The van der Waals surface area contributed by atoms with Crippen molar-refractivity contribution in [2.75, 3.05) is 25.1 Å². The second kappa shape index (κ2) is 7.83. The fourth-order valence-corrected chi connectivity index (χ4v) is 2.47. The summed E-state index contributed by atoms with van der Waals surface area (Å²) in [6.07, 6.45) is 1.89. The van der Waals surface area contributed by atoms with Crippen LogP contribution in [0, 0.1) is 6.92 Å². The van der Waals surface area contributed by atoms with Gasteiger partial charge in [-0.15, -0.1) is 5.10 Å². The van der Waals surface area contributed by atoms with E-state index in [1.807, 2.05) is 32.2 Å². The Bertz CT molecular complexity index is 922. The number of nitrogens with zero attached hydrogens (tertiary/aromatic N) is 3. The van der Waals surface area contributed by atoms with Gasteiger partial charge in [-0.25, -0.2) is 4.52 Å². The summed E-state index contributed by atoms with van der Waals surface area (Å²) in [7, 11) is 0. The minimum atomic E-state index is -0.270. The first-order valence-corrected chi connectivity index (χ1v) is 8.36. The number of aliphatic hydroxyl groups is 1. The van der Waals surface area contributed by atoms with Crippen molar-refractivity contribution in [3.63, 3.8) is 0 Å². The first-order chi connectivity index (χ1) is 12.6. The first kappa shape index (κ1) is 17.7. The maximum Gasteiger partial charge on any atom is 0.251 e. The summed E-state index contributed by atoms with van der Waals surface area (Å²) in [5.41, 5.74) is 2.93. The Morgan fingerprint density at radius 3 is 2.92 bits per heavy atom. The molecule has 0 bridgehead atoms. The fraction of sp³-hybridized carbons (Fsp3) is 0.278. The number of aromatic nitrogens is 3. The molecule has 136 valence electrons. The zero-order valence-electron chi connectivity index (χ0n) is 14.7. The molecule has 0 spiro atoms. The summed E-state index contributed by atoms with van der Waals surface area (Å²) in [6.45, 7) is 4.40. The predicted octanol–water partition coefficient (Wildman–Crippen LogP) is 1.90. The maximum atomic E-state index is 12.1. The molecule has 8 nitrogen and oxygen atoms in total. The summed E-state index contributed by atoms with van der Waals surface area (Å²) in [4.78, 5) is 16.5. The number of carbonyl (C=O) groups excluding carboxylic acids is 1. The van der Waals surface area contributed by atoms with Gasteiger partial charge in [0.15, 0.2) is 5.65 Å². The number of anilines is 2. The van der Waals surface area contributed by atoms with Gasteiger partial charge in [0.1, 0.15) is 5.75 Å². The van der Waals surface area contributed by atoms with Gasteiger partial charge in [-0.2, -0.15) is 4.98 Å². The number of aliphatic hydroxyl groups excluding tert-OH is 1. The SMILES string of the molecule is CCOc1cc(C(=O)NCCO)ccc1Nc1nc2ccc(C)cn2n1. The molecule has 0 saturated carbocycles. The van der Waals surface area contributed by atoms with Gasteiger partial charge in [0.25, 0.3) is 5.91 Å². The van der Waals surface area contributed by atoms with Crippen molar-refractivity contribution in [1.29, 1.82) is 0 Å². The number of amides is 1. The molecule has 2 heterocycles. The van der Waals surface area contributed by atoms with Gasteiger partial charge in [-0.05, 0) is 43.7 Å². The summed E-state index contributed by atoms with van der Waals surface area (Å²) >= 11 is 0. The molecule has 3 rings (SSSR count). The summed E-state index contributed by atoms with van der Waals surface area (Å²) < 4.78 is 7.35. The lowest BCUT2D eigenvalue weighted by Crippen LogP contribution is -2.26. The third kappa shape index (κ3) is 3.92. The minimum Gasteiger partial charge on any atom is -0.492 e. The molecular formula is C18H21N5O3. The van der Waals surface area contributed by atoms with Crippen LogP contribution < -0.4 is 15.4 Å². The average Bonchev–Trinajstić information content (AvgIpc) is 3.02. The molecule has 1 amide bonds. The molecular weight excluding hydrogens is 334 g/mol. The van der Waals surface area contributed by atoms with Crippen LogP contribution in [-0.4, -0.2) is 45.4 Å². The Balaban J connectivity index is 1.86. The van der Waals surface area contributed by atoms with Crippen molar-refractivity contribution in [2.45, 2.75) is 13.8 Å². The number of hydrogen-bond acceptors (Lipinski definition) is 6. The van der Waals surface area contributed by atoms with Gasteiger partial charge in [-0.1, -0.05) is 6.07 Å². The number of rotatable bonds is 7. The highest BCUT2D eigenvalue weighted by Gasteiger charge is 2.12. The van der Waals surface area contributed by atoms with Crippen molar-refractivity contribution in [3.05, 3.63) is 47.7 Å². The lowest BCUT2D eigenvalue weighted by atomic mass is 10.1. The van der Waals surface area contributed by atoms with Gasteiger partial charge in [0, 0.05) is 18.3 Å². The van der Waals surface area contributed by atoms with Gasteiger partial charge < -0.3 is 20.5 Å². The van der Waals surface area contributed by atoms with Crippen LogP contribution in [0.15, 0.2) is 36.5 Å². The van der Waals surface area contributed by atoms with E-state index in [2.05, 4.69) is 20.7 Å². The lowest BCUT2D eigenvalue weighted by Gasteiger charge is -2.12. The van der Waals surface area contributed by atoms with E-state index in [0.29, 0.717) is 29.6 Å². The van der Waals surface area contributed by atoms with E-state index < -0.39 is 0 Å². The Morgan fingerprint density at radius 1 is 1.31 bits per heavy atom. The number of carbonyl (C=O) groups is 1. The third-order valence-electron chi connectivity index (χ3n) is 3.67. The molecule has 26 heavy (non-hydrogen) atoms. The van der Waals surface area contributed by atoms with E-state index in [1.54, 1.807) is 22.7 Å². The Hall–Kier alpha value is -3.13. The van der Waals surface area contributed by atoms with Gasteiger partial charge >= 0.3 is 0 Å². The van der Waals surface area contributed by atoms with Crippen LogP contribution in [0.25, 0.3) is 5.65 Å². The topological polar surface area (TPSA) is 101 Å². The van der Waals surface area contributed by atoms with Crippen LogP contribution in [-0.2, 0) is 0 Å². The molecule has 0 aliphatic heterocycles. The molecule has 0 fully saturated rings. The van der Waals surface area contributed by atoms with Crippen LogP contribution >= 0.6 is 0 Å². The Labute approximate surface area is 150 Å². The second-order valence-corrected chi connectivity index (χ2v) is 5.69. The zero-order chi connectivity index (χ0) is 18.5. The summed E-state index contributed by atoms with van der Waals surface area (Å²) in [5.74, 6) is 0.695. The van der Waals surface area contributed by atoms with Crippen LogP contribution in [0.2, 0.25) is 0 Å². The van der Waals surface area contributed by atoms with Crippen LogP contribution in [0.1, 0.15) is 22.8 Å². The number of ether oxygens (including phenoxy) is 1. The molecule has 0 aliphatic carbocycles. The number of fused-ring (bicyclic) bond motifs is 1. The highest BCUT2D eigenvalue weighted by atomic mass is 16.5. The number of pyridine rings is 1. The quantitative estimate of drug-likeness (QED) is 0.598. The van der Waals surface area contributed by atoms with Gasteiger partial charge in [-0.3, -0.25) is 4.79 Å². The van der Waals surface area contributed by atoms with E-state index in [1.165, 1.54) is 0 Å². The summed E-state index contributed by atoms with van der Waals surface area (Å²) in [6, 6.07) is 8.94. The highest BCUT2D eigenvalue weighted by Crippen LogP contribution is 2.28. The molecule has 2 aromatic heterocycles. The van der Waals surface area contributed by atoms with E-state index in [-0.39, 0.29) is 19.1 Å². The molecule has 0 saturated heterocycles. The molecule has 0 unspecified atom stereocenters. The van der Waals surface area contributed by atoms with E-state index in [0.717, 1.165) is 11.2 Å². The maximum absolute atomic E-state index is 12.1. The molecule has 1 aromatic carbocycles. The van der Waals surface area contributed by atoms with Crippen molar-refractivity contribution in [3.8, 4) is 5.75 Å². The Morgan fingerprint density at radius 2 is 2.15 bits per heavy atom. The number of aryl methyl sites for hydroxylation is 1. The highest BCUT2D eigenvalue weighted by molar-refractivity contribution is 5.95. The molecule has 3 N–H and O–H groups in total. The lowest BCUT2D eigenvalue weighted by molar-refractivity contribution is 0.0944. The van der Waals surface area contributed by atoms with Crippen LogP contribution in [0.3, 0.4) is 0 Å². The zero-order valence-corrected chi connectivity index (χ0v) is 14.7. The van der Waals surface area contributed by atoms with Crippen LogP contribution in [0.5, 0.6) is 5.75 Å². The summed E-state index contributed by atoms with van der Waals surface area (Å²) in [5, 5.41) is 19.0. The second-order valence-electron chi connectivity index (χ2n) is 5.69. The van der Waals surface area contributed by atoms with Crippen molar-refractivity contribution >= 4 is 23.2 Å². The standard InChI is InChI=1S/C18H21N5O3/c1-3-26-15-10-13(17(25)19-8-9-24)5-6-14(15)20-18-21-16-7-4-12(2)11-23(16)22-18/h4-7,10-11,24H,3,8-9H2,1-2H3,(H,19,25)(H,20,22). The van der Waals surface area contributed by atoms with Gasteiger partial charge in [0.05, 0.1) is 18.9 Å². The van der Waals surface area contributed by atoms with E-state index >= 15 is 0 Å².